The molecule has 6 aromatic rings. The third-order valence-electron chi connectivity index (χ3n) is 5.00. The van der Waals surface area contributed by atoms with Crippen LogP contribution in [0.5, 0.6) is 0 Å². The minimum absolute atomic E-state index is 0.667. The lowest BCUT2D eigenvalue weighted by molar-refractivity contribution is 1.09. The summed E-state index contributed by atoms with van der Waals surface area (Å²) in [7, 11) is 0. The highest BCUT2D eigenvalue weighted by molar-refractivity contribution is 5.95. The first-order valence-electron chi connectivity index (χ1n) is 9.33. The Bertz CT molecular complexity index is 1460. The van der Waals surface area contributed by atoms with Crippen LogP contribution in [-0.2, 0) is 0 Å². The molecule has 0 aliphatic carbocycles. The average molecular weight is 393 g/mol. The molecule has 0 atom stereocenters. The number of nitrogens with one attached hydrogen (secondary N) is 3. The van der Waals surface area contributed by atoms with Crippen LogP contribution in [0.4, 0.5) is 11.5 Å². The van der Waals surface area contributed by atoms with Crippen molar-refractivity contribution in [1.29, 1.82) is 0 Å². The predicted molar refractivity (Wildman–Crippen MR) is 113 cm³/mol. The number of anilines is 2. The Labute approximate surface area is 169 Å². The first kappa shape index (κ1) is 16.4. The van der Waals surface area contributed by atoms with E-state index in [0.29, 0.717) is 5.82 Å². The van der Waals surface area contributed by atoms with Crippen LogP contribution >= 0.6 is 0 Å². The molecule has 9 nitrogen and oxygen atoms in total. The first-order chi connectivity index (χ1) is 14.9. The van der Waals surface area contributed by atoms with Gasteiger partial charge < -0.3 is 5.32 Å². The Morgan fingerprint density at radius 2 is 1.87 bits per heavy atom. The topological polar surface area (TPSA) is 112 Å². The van der Waals surface area contributed by atoms with Crippen LogP contribution < -0.4 is 5.32 Å². The highest BCUT2D eigenvalue weighted by atomic mass is 15.1. The standard InChI is InChI=1S/C21H15N9/c1-2-17-16(19(29-28-17)13-3-5-22-6-4-13)9-15(1)27-20-21-24-12-18(14-10-25-26-11-14)30(21)8-7-23-20/h1-12H,(H,23,27)(H,25,26)(H,28,29). The lowest BCUT2D eigenvalue weighted by Gasteiger charge is -2.08. The molecule has 0 bridgehead atoms. The van der Waals surface area contributed by atoms with Crippen LogP contribution in [0.25, 0.3) is 39.1 Å². The van der Waals surface area contributed by atoms with Crippen molar-refractivity contribution in [3.63, 3.8) is 0 Å². The van der Waals surface area contributed by atoms with E-state index in [1.165, 1.54) is 0 Å². The number of imidazole rings is 1. The zero-order chi connectivity index (χ0) is 19.9. The molecule has 0 saturated heterocycles. The van der Waals surface area contributed by atoms with Gasteiger partial charge in [-0.05, 0) is 30.3 Å². The molecule has 5 aromatic heterocycles. The molecule has 0 spiro atoms. The molecule has 1 aromatic carbocycles. The van der Waals surface area contributed by atoms with Crippen LogP contribution in [0.1, 0.15) is 0 Å². The molecule has 0 aliphatic rings. The number of aromatic amines is 2. The summed E-state index contributed by atoms with van der Waals surface area (Å²) in [6, 6.07) is 9.93. The first-order valence-corrected chi connectivity index (χ1v) is 9.33. The Kier molecular flexibility index (Phi) is 3.57. The number of hydrogen-bond donors (Lipinski definition) is 3. The van der Waals surface area contributed by atoms with Crippen LogP contribution in [0.15, 0.2) is 73.7 Å². The summed E-state index contributed by atoms with van der Waals surface area (Å²) in [5.74, 6) is 0.667. The second-order valence-corrected chi connectivity index (χ2v) is 6.79. The number of rotatable bonds is 4. The van der Waals surface area contributed by atoms with Gasteiger partial charge in [0.1, 0.15) is 5.69 Å². The van der Waals surface area contributed by atoms with Gasteiger partial charge >= 0.3 is 0 Å². The van der Waals surface area contributed by atoms with Crippen molar-refractivity contribution in [2.45, 2.75) is 0 Å². The molecular weight excluding hydrogens is 378 g/mol. The fraction of sp³-hybridized carbons (Fsp3) is 0. The van der Waals surface area contributed by atoms with Crippen LogP contribution in [-0.4, -0.2) is 39.7 Å². The second kappa shape index (κ2) is 6.52. The predicted octanol–water partition coefficient (Wildman–Crippen LogP) is 3.80. The highest BCUT2D eigenvalue weighted by Crippen LogP contribution is 2.30. The van der Waals surface area contributed by atoms with Gasteiger partial charge in [0.15, 0.2) is 11.5 Å². The number of pyridine rings is 1. The zero-order valence-corrected chi connectivity index (χ0v) is 15.6. The van der Waals surface area contributed by atoms with E-state index >= 15 is 0 Å². The molecule has 3 N–H and O–H groups in total. The SMILES string of the molecule is c1cc(-c2n[nH]c3ccc(Nc4nccn5c(-c6cn[nH]c6)cnc45)cc23)ccn1. The Morgan fingerprint density at radius 1 is 0.933 bits per heavy atom. The fourth-order valence-corrected chi connectivity index (χ4v) is 3.57. The average Bonchev–Trinajstić information content (AvgIpc) is 3.53. The molecule has 0 radical (unpaired) electrons. The number of aromatic nitrogens is 8. The zero-order valence-electron chi connectivity index (χ0n) is 15.6. The molecule has 0 saturated carbocycles. The van der Waals surface area contributed by atoms with Gasteiger partial charge in [-0.25, -0.2) is 9.97 Å². The molecule has 0 aliphatic heterocycles. The summed E-state index contributed by atoms with van der Waals surface area (Å²) in [5, 5.41) is 18.8. The number of nitrogens with zero attached hydrogens (tertiary/aromatic N) is 6. The number of H-pyrrole nitrogens is 2. The molecule has 0 fully saturated rings. The van der Waals surface area contributed by atoms with E-state index in [1.54, 1.807) is 24.8 Å². The van der Waals surface area contributed by atoms with Crippen LogP contribution in [0.3, 0.4) is 0 Å². The lowest BCUT2D eigenvalue weighted by atomic mass is 10.1. The second-order valence-electron chi connectivity index (χ2n) is 6.79. The fourth-order valence-electron chi connectivity index (χ4n) is 3.57. The van der Waals surface area contributed by atoms with Crippen molar-refractivity contribution in [3.05, 3.63) is 73.7 Å². The van der Waals surface area contributed by atoms with Crippen molar-refractivity contribution in [2.24, 2.45) is 0 Å². The minimum atomic E-state index is 0.667. The van der Waals surface area contributed by atoms with Gasteiger partial charge in [0, 0.05) is 53.2 Å². The van der Waals surface area contributed by atoms with Crippen molar-refractivity contribution in [3.8, 4) is 22.5 Å². The molecule has 30 heavy (non-hydrogen) atoms. The Hall–Kier alpha value is -4.53. The Balaban J connectivity index is 1.42. The lowest BCUT2D eigenvalue weighted by Crippen LogP contribution is -1.98. The van der Waals surface area contributed by atoms with E-state index in [1.807, 2.05) is 47.3 Å². The Morgan fingerprint density at radius 3 is 2.73 bits per heavy atom. The smallest absolute Gasteiger partial charge is 0.180 e. The third kappa shape index (κ3) is 2.60. The normalized spacial score (nSPS) is 11.3. The summed E-state index contributed by atoms with van der Waals surface area (Å²) in [5.41, 5.74) is 6.37. The quantitative estimate of drug-likeness (QED) is 0.420. The van der Waals surface area contributed by atoms with Crippen molar-refractivity contribution in [2.75, 3.05) is 5.32 Å². The minimum Gasteiger partial charge on any atom is -0.337 e. The maximum atomic E-state index is 4.56. The molecule has 0 unspecified atom stereocenters. The van der Waals surface area contributed by atoms with E-state index in [-0.39, 0.29) is 0 Å². The largest absolute Gasteiger partial charge is 0.337 e. The van der Waals surface area contributed by atoms with Gasteiger partial charge in [0.25, 0.3) is 0 Å². The highest BCUT2D eigenvalue weighted by Gasteiger charge is 2.13. The van der Waals surface area contributed by atoms with Crippen molar-refractivity contribution >= 4 is 28.1 Å². The van der Waals surface area contributed by atoms with Crippen LogP contribution in [0.2, 0.25) is 0 Å². The molecule has 0 amide bonds. The number of fused-ring (bicyclic) bond motifs is 2. The molecule has 144 valence electrons. The van der Waals surface area contributed by atoms with Crippen molar-refractivity contribution in [1.82, 2.24) is 39.7 Å². The number of hydrogen-bond acceptors (Lipinski definition) is 6. The van der Waals surface area contributed by atoms with E-state index in [9.17, 15) is 0 Å². The van der Waals surface area contributed by atoms with Crippen LogP contribution in [0, 0.1) is 0 Å². The van der Waals surface area contributed by atoms with Gasteiger partial charge in [0.2, 0.25) is 0 Å². The van der Waals surface area contributed by atoms with E-state index in [4.69, 9.17) is 0 Å². The summed E-state index contributed by atoms with van der Waals surface area (Å²) < 4.78 is 1.99. The van der Waals surface area contributed by atoms with Gasteiger partial charge in [-0.3, -0.25) is 19.6 Å². The van der Waals surface area contributed by atoms with Gasteiger partial charge in [-0.15, -0.1) is 0 Å². The van der Waals surface area contributed by atoms with Gasteiger partial charge in [-0.2, -0.15) is 10.2 Å². The maximum Gasteiger partial charge on any atom is 0.180 e. The van der Waals surface area contributed by atoms with Gasteiger partial charge in [0.05, 0.1) is 23.6 Å². The van der Waals surface area contributed by atoms with E-state index in [2.05, 4.69) is 46.7 Å². The molecule has 5 heterocycles. The number of benzene rings is 1. The maximum absolute atomic E-state index is 4.56. The summed E-state index contributed by atoms with van der Waals surface area (Å²) in [4.78, 5) is 13.1. The van der Waals surface area contributed by atoms with Gasteiger partial charge in [-0.1, -0.05) is 0 Å². The third-order valence-corrected chi connectivity index (χ3v) is 5.00. The summed E-state index contributed by atoms with van der Waals surface area (Å²) >= 11 is 0. The summed E-state index contributed by atoms with van der Waals surface area (Å²) in [6.07, 6.45) is 12.6. The molecule has 9 heteroatoms. The monoisotopic (exact) mass is 393 g/mol. The van der Waals surface area contributed by atoms with E-state index < -0.39 is 0 Å². The molecular formula is C21H15N9. The molecule has 6 rings (SSSR count). The van der Waals surface area contributed by atoms with E-state index in [0.717, 1.165) is 44.8 Å². The van der Waals surface area contributed by atoms with Crippen molar-refractivity contribution < 1.29 is 0 Å². The summed E-state index contributed by atoms with van der Waals surface area (Å²) in [6.45, 7) is 0.